The second-order valence-corrected chi connectivity index (χ2v) is 5.77. The van der Waals surface area contributed by atoms with E-state index in [2.05, 4.69) is 20.9 Å². The molecule has 0 amide bonds. The SMILES string of the molecule is ClCc1cc(OCc2ccccc2Br)nc2ccccc12. The zero-order chi connectivity index (χ0) is 14.7. The summed E-state index contributed by atoms with van der Waals surface area (Å²) in [6, 6.07) is 17.8. The van der Waals surface area contributed by atoms with E-state index >= 15 is 0 Å². The fourth-order valence-corrected chi connectivity index (χ4v) is 2.79. The predicted octanol–water partition coefficient (Wildman–Crippen LogP) is 5.32. The molecule has 1 aromatic heterocycles. The molecule has 3 rings (SSSR count). The van der Waals surface area contributed by atoms with Crippen molar-refractivity contribution in [2.45, 2.75) is 12.5 Å². The molecule has 0 bridgehead atoms. The Hall–Kier alpha value is -1.58. The van der Waals surface area contributed by atoms with Gasteiger partial charge in [-0.15, -0.1) is 11.6 Å². The molecule has 0 radical (unpaired) electrons. The lowest BCUT2D eigenvalue weighted by atomic mass is 10.1. The standard InChI is InChI=1S/C17H13BrClNO/c18-15-7-3-1-5-12(15)11-21-17-9-13(10-19)14-6-2-4-8-16(14)20-17/h1-9H,10-11H2. The summed E-state index contributed by atoms with van der Waals surface area (Å²) in [4.78, 5) is 4.53. The van der Waals surface area contributed by atoms with Crippen molar-refractivity contribution < 1.29 is 4.74 Å². The summed E-state index contributed by atoms with van der Waals surface area (Å²) < 4.78 is 6.85. The third-order valence-corrected chi connectivity index (χ3v) is 4.32. The van der Waals surface area contributed by atoms with Crippen LogP contribution in [0.2, 0.25) is 0 Å². The smallest absolute Gasteiger partial charge is 0.214 e. The van der Waals surface area contributed by atoms with Gasteiger partial charge < -0.3 is 4.74 Å². The highest BCUT2D eigenvalue weighted by Crippen LogP contribution is 2.24. The average Bonchev–Trinajstić information content (AvgIpc) is 2.53. The van der Waals surface area contributed by atoms with Crippen LogP contribution in [0.1, 0.15) is 11.1 Å². The van der Waals surface area contributed by atoms with Gasteiger partial charge in [0, 0.05) is 27.4 Å². The first-order valence-corrected chi connectivity index (χ1v) is 7.91. The quantitative estimate of drug-likeness (QED) is 0.586. The zero-order valence-electron chi connectivity index (χ0n) is 11.2. The number of para-hydroxylation sites is 1. The van der Waals surface area contributed by atoms with Crippen LogP contribution in [0.15, 0.2) is 59.1 Å². The number of rotatable bonds is 4. The maximum atomic E-state index is 6.03. The number of alkyl halides is 1. The van der Waals surface area contributed by atoms with Crippen LogP contribution < -0.4 is 4.74 Å². The molecule has 2 nitrogen and oxygen atoms in total. The highest BCUT2D eigenvalue weighted by atomic mass is 79.9. The van der Waals surface area contributed by atoms with E-state index in [0.717, 1.165) is 26.5 Å². The number of nitrogens with zero attached hydrogens (tertiary/aromatic N) is 1. The summed E-state index contributed by atoms with van der Waals surface area (Å²) in [5.41, 5.74) is 3.02. The van der Waals surface area contributed by atoms with Crippen molar-refractivity contribution in [2.75, 3.05) is 0 Å². The molecule has 0 aliphatic carbocycles. The number of fused-ring (bicyclic) bond motifs is 1. The van der Waals surface area contributed by atoms with Crippen LogP contribution in [0.5, 0.6) is 5.88 Å². The van der Waals surface area contributed by atoms with Gasteiger partial charge in [-0.3, -0.25) is 0 Å². The Kier molecular flexibility index (Phi) is 4.42. The Labute approximate surface area is 136 Å². The van der Waals surface area contributed by atoms with Crippen LogP contribution in [0.3, 0.4) is 0 Å². The molecule has 2 aromatic carbocycles. The van der Waals surface area contributed by atoms with Crippen LogP contribution in [0, 0.1) is 0 Å². The van der Waals surface area contributed by atoms with Gasteiger partial charge in [0.15, 0.2) is 0 Å². The molecule has 0 atom stereocenters. The summed E-state index contributed by atoms with van der Waals surface area (Å²) in [6.45, 7) is 0.467. The third-order valence-electron chi connectivity index (χ3n) is 3.26. The summed E-state index contributed by atoms with van der Waals surface area (Å²) in [6.07, 6.45) is 0. The number of benzene rings is 2. The maximum Gasteiger partial charge on any atom is 0.214 e. The Bertz CT molecular complexity index is 776. The Morgan fingerprint density at radius 2 is 1.76 bits per heavy atom. The zero-order valence-corrected chi connectivity index (χ0v) is 13.6. The number of aromatic nitrogens is 1. The summed E-state index contributed by atoms with van der Waals surface area (Å²) in [5, 5.41) is 1.07. The highest BCUT2D eigenvalue weighted by molar-refractivity contribution is 9.10. The molecule has 21 heavy (non-hydrogen) atoms. The van der Waals surface area contributed by atoms with Crippen molar-refractivity contribution in [3.05, 3.63) is 70.2 Å². The number of ether oxygens (including phenoxy) is 1. The first kappa shape index (κ1) is 14.4. The first-order chi connectivity index (χ1) is 10.3. The van der Waals surface area contributed by atoms with Gasteiger partial charge in [0.1, 0.15) is 6.61 Å². The minimum Gasteiger partial charge on any atom is -0.473 e. The molecule has 0 aliphatic rings. The van der Waals surface area contributed by atoms with Crippen LogP contribution in [0.25, 0.3) is 10.9 Å². The molecule has 106 valence electrons. The minimum atomic E-state index is 0.439. The Balaban J connectivity index is 1.89. The van der Waals surface area contributed by atoms with E-state index in [0.29, 0.717) is 18.4 Å². The van der Waals surface area contributed by atoms with E-state index in [1.54, 1.807) is 0 Å². The summed E-state index contributed by atoms with van der Waals surface area (Å²) in [5.74, 6) is 1.04. The van der Waals surface area contributed by atoms with Crippen molar-refractivity contribution in [3.8, 4) is 5.88 Å². The highest BCUT2D eigenvalue weighted by Gasteiger charge is 2.07. The third kappa shape index (κ3) is 3.20. The second-order valence-electron chi connectivity index (χ2n) is 4.65. The van der Waals surface area contributed by atoms with Crippen molar-refractivity contribution in [1.29, 1.82) is 0 Å². The van der Waals surface area contributed by atoms with Crippen molar-refractivity contribution in [3.63, 3.8) is 0 Å². The van der Waals surface area contributed by atoms with Crippen molar-refractivity contribution >= 4 is 38.4 Å². The van der Waals surface area contributed by atoms with Crippen LogP contribution in [-0.4, -0.2) is 4.98 Å². The summed E-state index contributed by atoms with van der Waals surface area (Å²) in [7, 11) is 0. The number of pyridine rings is 1. The van der Waals surface area contributed by atoms with Gasteiger partial charge in [0.2, 0.25) is 5.88 Å². The molecule has 0 saturated carbocycles. The van der Waals surface area contributed by atoms with Gasteiger partial charge in [-0.25, -0.2) is 4.98 Å². The second kappa shape index (κ2) is 6.46. The Morgan fingerprint density at radius 1 is 1.00 bits per heavy atom. The predicted molar refractivity (Wildman–Crippen MR) is 89.8 cm³/mol. The monoisotopic (exact) mass is 361 g/mol. The lowest BCUT2D eigenvalue weighted by Gasteiger charge is -2.10. The Morgan fingerprint density at radius 3 is 2.57 bits per heavy atom. The molecule has 0 N–H and O–H groups in total. The van der Waals surface area contributed by atoms with E-state index in [9.17, 15) is 0 Å². The van der Waals surface area contributed by atoms with E-state index in [1.165, 1.54) is 0 Å². The number of hydrogen-bond donors (Lipinski definition) is 0. The molecule has 3 aromatic rings. The van der Waals surface area contributed by atoms with Gasteiger partial charge in [-0.2, -0.15) is 0 Å². The molecular formula is C17H13BrClNO. The van der Waals surface area contributed by atoms with Gasteiger partial charge in [0.05, 0.1) is 5.52 Å². The van der Waals surface area contributed by atoms with E-state index in [4.69, 9.17) is 16.3 Å². The first-order valence-electron chi connectivity index (χ1n) is 6.59. The minimum absolute atomic E-state index is 0.439. The number of halogens is 2. The average molecular weight is 363 g/mol. The molecule has 0 spiro atoms. The molecule has 0 aliphatic heterocycles. The maximum absolute atomic E-state index is 6.03. The molecule has 4 heteroatoms. The lowest BCUT2D eigenvalue weighted by Crippen LogP contribution is -1.99. The van der Waals surface area contributed by atoms with Crippen LogP contribution >= 0.6 is 27.5 Å². The van der Waals surface area contributed by atoms with Gasteiger partial charge >= 0.3 is 0 Å². The van der Waals surface area contributed by atoms with Crippen molar-refractivity contribution in [1.82, 2.24) is 4.98 Å². The van der Waals surface area contributed by atoms with Gasteiger partial charge in [-0.05, 0) is 17.7 Å². The van der Waals surface area contributed by atoms with Gasteiger partial charge in [-0.1, -0.05) is 52.3 Å². The van der Waals surface area contributed by atoms with E-state index in [1.807, 2.05) is 54.6 Å². The molecule has 0 unspecified atom stereocenters. The summed E-state index contributed by atoms with van der Waals surface area (Å²) >= 11 is 9.55. The largest absolute Gasteiger partial charge is 0.473 e. The topological polar surface area (TPSA) is 22.1 Å². The van der Waals surface area contributed by atoms with Crippen LogP contribution in [-0.2, 0) is 12.5 Å². The van der Waals surface area contributed by atoms with E-state index in [-0.39, 0.29) is 0 Å². The molecule has 0 saturated heterocycles. The lowest BCUT2D eigenvalue weighted by molar-refractivity contribution is 0.294. The van der Waals surface area contributed by atoms with Crippen LogP contribution in [0.4, 0.5) is 0 Å². The normalized spacial score (nSPS) is 10.8. The van der Waals surface area contributed by atoms with Gasteiger partial charge in [0.25, 0.3) is 0 Å². The van der Waals surface area contributed by atoms with Crippen molar-refractivity contribution in [2.24, 2.45) is 0 Å². The molecule has 1 heterocycles. The fourth-order valence-electron chi connectivity index (χ4n) is 2.17. The molecule has 0 fully saturated rings. The molecular weight excluding hydrogens is 350 g/mol. The number of hydrogen-bond acceptors (Lipinski definition) is 2. The fraction of sp³-hybridized carbons (Fsp3) is 0.118. The van der Waals surface area contributed by atoms with E-state index < -0.39 is 0 Å².